The summed E-state index contributed by atoms with van der Waals surface area (Å²) in [7, 11) is 0. The molecule has 1 aliphatic heterocycles. The number of carboxylic acids is 1. The van der Waals surface area contributed by atoms with Crippen LogP contribution in [0.15, 0.2) is 0 Å². The molecule has 1 aliphatic carbocycles. The van der Waals surface area contributed by atoms with E-state index in [4.69, 9.17) is 14.6 Å². The summed E-state index contributed by atoms with van der Waals surface area (Å²) in [6.45, 7) is 7.88. The zero-order valence-corrected chi connectivity index (χ0v) is 15.1. The van der Waals surface area contributed by atoms with Crippen LogP contribution < -0.4 is 0 Å². The van der Waals surface area contributed by atoms with E-state index in [1.54, 1.807) is 4.90 Å². The third-order valence-corrected chi connectivity index (χ3v) is 5.34. The molecule has 138 valence electrons. The number of ether oxygens (including phenoxy) is 2. The summed E-state index contributed by atoms with van der Waals surface area (Å²) < 4.78 is 11.3. The first-order chi connectivity index (χ1) is 11.4. The molecule has 0 radical (unpaired) electrons. The first-order valence-corrected chi connectivity index (χ1v) is 9.09. The van der Waals surface area contributed by atoms with Gasteiger partial charge in [-0.2, -0.15) is 0 Å². The fourth-order valence-corrected chi connectivity index (χ4v) is 3.92. The number of carbonyl (C=O) groups excluding carboxylic acids is 1. The predicted molar refractivity (Wildman–Crippen MR) is 89.7 cm³/mol. The van der Waals surface area contributed by atoms with Crippen molar-refractivity contribution in [1.82, 2.24) is 4.90 Å². The number of rotatable bonds is 6. The molecule has 24 heavy (non-hydrogen) atoms. The minimum Gasteiger partial charge on any atom is -0.481 e. The average Bonchev–Trinajstić information content (AvgIpc) is 2.52. The third kappa shape index (κ3) is 5.18. The van der Waals surface area contributed by atoms with Gasteiger partial charge in [-0.05, 0) is 30.6 Å². The number of carboxylic acid groups (broad SMARTS) is 1. The molecule has 4 unspecified atom stereocenters. The first-order valence-electron chi connectivity index (χ1n) is 9.09. The van der Waals surface area contributed by atoms with Gasteiger partial charge >= 0.3 is 5.97 Å². The van der Waals surface area contributed by atoms with Gasteiger partial charge in [0.1, 0.15) is 6.61 Å². The van der Waals surface area contributed by atoms with Crippen LogP contribution in [0.4, 0.5) is 0 Å². The highest BCUT2D eigenvalue weighted by Crippen LogP contribution is 2.35. The predicted octanol–water partition coefficient (Wildman–Crippen LogP) is 2.17. The van der Waals surface area contributed by atoms with Crippen molar-refractivity contribution in [3.8, 4) is 0 Å². The van der Waals surface area contributed by atoms with Gasteiger partial charge in [-0.15, -0.1) is 0 Å². The van der Waals surface area contributed by atoms with E-state index in [0.29, 0.717) is 30.9 Å². The molecule has 1 saturated heterocycles. The van der Waals surface area contributed by atoms with Crippen LogP contribution in [0, 0.1) is 17.8 Å². The number of hydrogen-bond acceptors (Lipinski definition) is 4. The van der Waals surface area contributed by atoms with E-state index < -0.39 is 12.0 Å². The third-order valence-electron chi connectivity index (χ3n) is 5.34. The minimum absolute atomic E-state index is 0.0384. The molecular formula is C18H31NO5. The number of hydrogen-bond donors (Lipinski definition) is 1. The Morgan fingerprint density at radius 1 is 1.33 bits per heavy atom. The molecule has 2 fully saturated rings. The lowest BCUT2D eigenvalue weighted by atomic mass is 9.75. The smallest absolute Gasteiger partial charge is 0.305 e. The maximum absolute atomic E-state index is 12.5. The largest absolute Gasteiger partial charge is 0.481 e. The van der Waals surface area contributed by atoms with Crippen LogP contribution in [0.2, 0.25) is 0 Å². The molecule has 6 heteroatoms. The quantitative estimate of drug-likeness (QED) is 0.801. The van der Waals surface area contributed by atoms with Gasteiger partial charge in [-0.1, -0.05) is 27.2 Å². The van der Waals surface area contributed by atoms with E-state index >= 15 is 0 Å². The highest BCUT2D eigenvalue weighted by molar-refractivity contribution is 5.79. The Morgan fingerprint density at radius 2 is 2.08 bits per heavy atom. The van der Waals surface area contributed by atoms with Crippen LogP contribution >= 0.6 is 0 Å². The van der Waals surface area contributed by atoms with Crippen LogP contribution in [0.1, 0.15) is 46.5 Å². The summed E-state index contributed by atoms with van der Waals surface area (Å²) >= 11 is 0. The van der Waals surface area contributed by atoms with Gasteiger partial charge in [-0.25, -0.2) is 0 Å². The molecule has 1 saturated carbocycles. The average molecular weight is 341 g/mol. The SMILES string of the molecule is CC1CCC(C(C)C)C(OCC(=O)N2CCOCC2CC(=O)O)C1. The summed E-state index contributed by atoms with van der Waals surface area (Å²) in [6.07, 6.45) is 3.41. The zero-order valence-electron chi connectivity index (χ0n) is 15.1. The van der Waals surface area contributed by atoms with Gasteiger partial charge in [0.15, 0.2) is 0 Å². The van der Waals surface area contributed by atoms with Crippen molar-refractivity contribution in [2.75, 3.05) is 26.4 Å². The second-order valence-electron chi connectivity index (χ2n) is 7.59. The summed E-state index contributed by atoms with van der Waals surface area (Å²) in [5.74, 6) is 0.632. The summed E-state index contributed by atoms with van der Waals surface area (Å²) in [5.41, 5.74) is 0. The van der Waals surface area contributed by atoms with Crippen molar-refractivity contribution in [1.29, 1.82) is 0 Å². The van der Waals surface area contributed by atoms with Crippen LogP contribution in [-0.4, -0.2) is 60.4 Å². The van der Waals surface area contributed by atoms with Gasteiger partial charge < -0.3 is 19.5 Å². The molecule has 1 N–H and O–H groups in total. The lowest BCUT2D eigenvalue weighted by molar-refractivity contribution is -0.153. The number of morpholine rings is 1. The Hall–Kier alpha value is -1.14. The van der Waals surface area contributed by atoms with Crippen LogP contribution in [-0.2, 0) is 19.1 Å². The Morgan fingerprint density at radius 3 is 2.75 bits per heavy atom. The molecule has 0 spiro atoms. The van der Waals surface area contributed by atoms with Gasteiger partial charge in [0.2, 0.25) is 5.91 Å². The Kier molecular flexibility index (Phi) is 7.04. The van der Waals surface area contributed by atoms with Crippen molar-refractivity contribution < 1.29 is 24.2 Å². The minimum atomic E-state index is -0.912. The number of carbonyl (C=O) groups is 2. The van der Waals surface area contributed by atoms with E-state index in [1.165, 1.54) is 6.42 Å². The summed E-state index contributed by atoms with van der Waals surface area (Å²) in [5, 5.41) is 9.00. The van der Waals surface area contributed by atoms with Gasteiger partial charge in [0.05, 0.1) is 31.8 Å². The molecule has 0 aromatic heterocycles. The molecule has 0 bridgehead atoms. The number of aliphatic carboxylic acids is 1. The molecule has 1 amide bonds. The molecular weight excluding hydrogens is 310 g/mol. The van der Waals surface area contributed by atoms with Crippen molar-refractivity contribution in [2.45, 2.75) is 58.6 Å². The maximum Gasteiger partial charge on any atom is 0.305 e. The Bertz CT molecular complexity index is 439. The molecule has 2 aliphatic rings. The van der Waals surface area contributed by atoms with Gasteiger partial charge in [0.25, 0.3) is 0 Å². The topological polar surface area (TPSA) is 76.1 Å². The van der Waals surface area contributed by atoms with Crippen molar-refractivity contribution in [3.05, 3.63) is 0 Å². The van der Waals surface area contributed by atoms with Crippen LogP contribution in [0.3, 0.4) is 0 Å². The number of nitrogens with zero attached hydrogens (tertiary/aromatic N) is 1. The molecule has 0 aromatic carbocycles. The van der Waals surface area contributed by atoms with E-state index in [9.17, 15) is 9.59 Å². The number of amides is 1. The van der Waals surface area contributed by atoms with Crippen molar-refractivity contribution in [3.63, 3.8) is 0 Å². The second kappa shape index (κ2) is 8.81. The van der Waals surface area contributed by atoms with E-state index in [0.717, 1.165) is 12.8 Å². The Labute approximate surface area is 144 Å². The summed E-state index contributed by atoms with van der Waals surface area (Å²) in [4.78, 5) is 25.1. The van der Waals surface area contributed by atoms with Crippen LogP contribution in [0.25, 0.3) is 0 Å². The second-order valence-corrected chi connectivity index (χ2v) is 7.59. The fraction of sp³-hybridized carbons (Fsp3) is 0.889. The molecule has 0 aromatic rings. The van der Waals surface area contributed by atoms with E-state index in [1.807, 2.05) is 0 Å². The molecule has 2 rings (SSSR count). The van der Waals surface area contributed by atoms with Crippen molar-refractivity contribution in [2.24, 2.45) is 17.8 Å². The van der Waals surface area contributed by atoms with Crippen molar-refractivity contribution >= 4 is 11.9 Å². The zero-order chi connectivity index (χ0) is 17.7. The highest BCUT2D eigenvalue weighted by atomic mass is 16.5. The Balaban J connectivity index is 1.91. The van der Waals surface area contributed by atoms with E-state index in [2.05, 4.69) is 20.8 Å². The summed E-state index contributed by atoms with van der Waals surface area (Å²) in [6, 6.07) is -0.390. The molecule has 1 heterocycles. The van der Waals surface area contributed by atoms with Crippen LogP contribution in [0.5, 0.6) is 0 Å². The molecule has 4 atom stereocenters. The van der Waals surface area contributed by atoms with E-state index in [-0.39, 0.29) is 31.6 Å². The standard InChI is InChI=1S/C18H31NO5/c1-12(2)15-5-4-13(3)8-16(15)24-11-17(20)19-6-7-23-10-14(19)9-18(21)22/h12-16H,4-11H2,1-3H3,(H,21,22). The monoisotopic (exact) mass is 341 g/mol. The highest BCUT2D eigenvalue weighted by Gasteiger charge is 2.33. The molecule has 6 nitrogen and oxygen atoms in total. The lowest BCUT2D eigenvalue weighted by Crippen LogP contribution is -2.51. The van der Waals surface area contributed by atoms with Gasteiger partial charge in [0, 0.05) is 6.54 Å². The van der Waals surface area contributed by atoms with Gasteiger partial charge in [-0.3, -0.25) is 9.59 Å². The maximum atomic E-state index is 12.5. The first kappa shape index (κ1) is 19.2. The fourth-order valence-electron chi connectivity index (χ4n) is 3.92. The normalized spacial score (nSPS) is 31.2. The lowest BCUT2D eigenvalue weighted by Gasteiger charge is -2.38.